The minimum absolute atomic E-state index is 0.0231. The Bertz CT molecular complexity index is 595. The third-order valence-electron chi connectivity index (χ3n) is 6.56. The van der Waals surface area contributed by atoms with E-state index in [1.165, 1.54) is 6.42 Å². The van der Waals surface area contributed by atoms with Crippen LogP contribution in [0.15, 0.2) is 24.4 Å². The van der Waals surface area contributed by atoms with E-state index in [-0.39, 0.29) is 5.60 Å². The van der Waals surface area contributed by atoms with E-state index >= 15 is 0 Å². The van der Waals surface area contributed by atoms with Gasteiger partial charge in [-0.05, 0) is 56.6 Å². The number of rotatable bonds is 6. The predicted molar refractivity (Wildman–Crippen MR) is 98.5 cm³/mol. The lowest BCUT2D eigenvalue weighted by Gasteiger charge is -2.43. The minimum atomic E-state index is -0.0231. The van der Waals surface area contributed by atoms with Crippen molar-refractivity contribution in [3.8, 4) is 0 Å². The second kappa shape index (κ2) is 8.05. The van der Waals surface area contributed by atoms with Crippen LogP contribution in [0.25, 0.3) is 0 Å². The van der Waals surface area contributed by atoms with Crippen molar-refractivity contribution in [1.29, 1.82) is 0 Å². The van der Waals surface area contributed by atoms with Crippen LogP contribution in [-0.4, -0.2) is 47.7 Å². The Hall–Kier alpha value is -1.46. The summed E-state index contributed by atoms with van der Waals surface area (Å²) in [6.07, 6.45) is 9.31. The van der Waals surface area contributed by atoms with Crippen molar-refractivity contribution in [2.45, 2.75) is 57.2 Å². The molecule has 26 heavy (non-hydrogen) atoms. The minimum Gasteiger partial charge on any atom is -0.375 e. The zero-order valence-corrected chi connectivity index (χ0v) is 15.6. The van der Waals surface area contributed by atoms with Gasteiger partial charge in [-0.1, -0.05) is 12.5 Å². The van der Waals surface area contributed by atoms with Crippen LogP contribution < -0.4 is 0 Å². The van der Waals surface area contributed by atoms with Crippen molar-refractivity contribution < 1.29 is 14.3 Å². The molecule has 4 rings (SSSR count). The van der Waals surface area contributed by atoms with E-state index in [2.05, 4.69) is 9.88 Å². The first kappa shape index (κ1) is 17.9. The van der Waals surface area contributed by atoms with Crippen molar-refractivity contribution in [3.63, 3.8) is 0 Å². The molecule has 5 nitrogen and oxygen atoms in total. The standard InChI is InChI=1S/C21H30N2O3/c24-20(17-4-3-5-17)23-12-9-21(10-13-23)18(8-15-26-21)7-14-25-16-19-6-1-2-11-22-19/h1-2,6,11,17-18H,3-5,7-10,12-16H2/t18-/m0/s1. The summed E-state index contributed by atoms with van der Waals surface area (Å²) < 4.78 is 12.1. The molecule has 0 N–H and O–H groups in total. The molecular weight excluding hydrogens is 328 g/mol. The third-order valence-corrected chi connectivity index (χ3v) is 6.56. The van der Waals surface area contributed by atoms with E-state index < -0.39 is 0 Å². The molecule has 0 aromatic carbocycles. The van der Waals surface area contributed by atoms with Crippen LogP contribution in [0, 0.1) is 11.8 Å². The van der Waals surface area contributed by atoms with Crippen LogP contribution in [-0.2, 0) is 20.9 Å². The Morgan fingerprint density at radius 1 is 1.27 bits per heavy atom. The highest BCUT2D eigenvalue weighted by Crippen LogP contribution is 2.43. The molecule has 3 aliphatic rings. The molecule has 142 valence electrons. The van der Waals surface area contributed by atoms with Crippen LogP contribution in [0.4, 0.5) is 0 Å². The predicted octanol–water partition coefficient (Wildman–Crippen LogP) is 3.19. The van der Waals surface area contributed by atoms with Crippen LogP contribution >= 0.6 is 0 Å². The van der Waals surface area contributed by atoms with E-state index in [0.717, 1.165) is 70.5 Å². The fraction of sp³-hybridized carbons (Fsp3) is 0.714. The van der Waals surface area contributed by atoms with Crippen LogP contribution in [0.3, 0.4) is 0 Å². The molecule has 0 bridgehead atoms. The number of hydrogen-bond donors (Lipinski definition) is 0. The van der Waals surface area contributed by atoms with Crippen molar-refractivity contribution in [3.05, 3.63) is 30.1 Å². The lowest BCUT2D eigenvalue weighted by atomic mass is 9.77. The molecule has 2 saturated heterocycles. The van der Waals surface area contributed by atoms with Gasteiger partial charge < -0.3 is 14.4 Å². The van der Waals surface area contributed by atoms with Gasteiger partial charge in [-0.25, -0.2) is 0 Å². The quantitative estimate of drug-likeness (QED) is 0.733. The van der Waals surface area contributed by atoms with E-state index in [4.69, 9.17) is 9.47 Å². The Kier molecular flexibility index (Phi) is 5.55. The number of piperidine rings is 1. The zero-order chi connectivity index (χ0) is 17.8. The van der Waals surface area contributed by atoms with Gasteiger partial charge in [0.2, 0.25) is 5.91 Å². The number of pyridine rings is 1. The first-order valence-corrected chi connectivity index (χ1v) is 10.2. The van der Waals surface area contributed by atoms with Gasteiger partial charge in [0, 0.05) is 38.4 Å². The van der Waals surface area contributed by atoms with Gasteiger partial charge in [-0.2, -0.15) is 0 Å². The summed E-state index contributed by atoms with van der Waals surface area (Å²) in [6.45, 7) is 3.89. The monoisotopic (exact) mass is 358 g/mol. The Balaban J connectivity index is 1.23. The molecule has 3 heterocycles. The molecule has 1 aromatic heterocycles. The average Bonchev–Trinajstić information content (AvgIpc) is 3.01. The molecule has 1 aromatic rings. The second-order valence-corrected chi connectivity index (χ2v) is 8.01. The second-order valence-electron chi connectivity index (χ2n) is 8.01. The largest absolute Gasteiger partial charge is 0.375 e. The molecule has 5 heteroatoms. The number of carbonyl (C=O) groups is 1. The first-order chi connectivity index (χ1) is 12.8. The highest BCUT2D eigenvalue weighted by atomic mass is 16.5. The third kappa shape index (κ3) is 3.79. The molecule has 3 fully saturated rings. The van der Waals surface area contributed by atoms with Crippen LogP contribution in [0.5, 0.6) is 0 Å². The fourth-order valence-electron chi connectivity index (χ4n) is 4.65. The number of likely N-dealkylation sites (tertiary alicyclic amines) is 1. The normalized spacial score (nSPS) is 25.4. The SMILES string of the molecule is O=C(C1CCC1)N1CCC2(CC1)OCC[C@@H]2CCOCc1ccccn1. The molecule has 1 atom stereocenters. The van der Waals surface area contributed by atoms with Crippen LogP contribution in [0.2, 0.25) is 0 Å². The maximum Gasteiger partial charge on any atom is 0.225 e. The average molecular weight is 358 g/mol. The number of nitrogens with zero attached hydrogens (tertiary/aromatic N) is 2. The van der Waals surface area contributed by atoms with E-state index in [1.54, 1.807) is 6.20 Å². The zero-order valence-electron chi connectivity index (χ0n) is 15.6. The molecule has 1 amide bonds. The summed E-state index contributed by atoms with van der Waals surface area (Å²) in [5.41, 5.74) is 0.956. The van der Waals surface area contributed by atoms with Gasteiger partial charge in [0.25, 0.3) is 0 Å². The summed E-state index contributed by atoms with van der Waals surface area (Å²) in [7, 11) is 0. The van der Waals surface area contributed by atoms with Gasteiger partial charge in [0.15, 0.2) is 0 Å². The number of amides is 1. The maximum atomic E-state index is 12.5. The lowest BCUT2D eigenvalue weighted by molar-refractivity contribution is -0.144. The number of aromatic nitrogens is 1. The summed E-state index contributed by atoms with van der Waals surface area (Å²) in [4.78, 5) is 18.9. The number of ether oxygens (including phenoxy) is 2. The summed E-state index contributed by atoms with van der Waals surface area (Å²) in [6, 6.07) is 5.91. The molecule has 1 aliphatic carbocycles. The number of carbonyl (C=O) groups excluding carboxylic acids is 1. The Morgan fingerprint density at radius 3 is 2.81 bits per heavy atom. The molecule has 1 spiro atoms. The highest BCUT2D eigenvalue weighted by molar-refractivity contribution is 5.79. The topological polar surface area (TPSA) is 51.7 Å². The maximum absolute atomic E-state index is 12.5. The first-order valence-electron chi connectivity index (χ1n) is 10.2. The van der Waals surface area contributed by atoms with Crippen LogP contribution in [0.1, 0.15) is 50.6 Å². The van der Waals surface area contributed by atoms with Gasteiger partial charge in [-0.3, -0.25) is 9.78 Å². The molecule has 0 unspecified atom stereocenters. The highest BCUT2D eigenvalue weighted by Gasteiger charge is 2.47. The molecular formula is C21H30N2O3. The van der Waals surface area contributed by atoms with Gasteiger partial charge in [0.05, 0.1) is 17.9 Å². The van der Waals surface area contributed by atoms with E-state index in [1.807, 2.05) is 18.2 Å². The molecule has 0 radical (unpaired) electrons. The fourth-order valence-corrected chi connectivity index (χ4v) is 4.65. The van der Waals surface area contributed by atoms with Gasteiger partial charge in [-0.15, -0.1) is 0 Å². The van der Waals surface area contributed by atoms with Gasteiger partial charge in [0.1, 0.15) is 0 Å². The molecule has 1 saturated carbocycles. The summed E-state index contributed by atoms with van der Waals surface area (Å²) in [5, 5.41) is 0. The van der Waals surface area contributed by atoms with Crippen molar-refractivity contribution in [2.75, 3.05) is 26.3 Å². The van der Waals surface area contributed by atoms with Gasteiger partial charge >= 0.3 is 0 Å². The van der Waals surface area contributed by atoms with E-state index in [0.29, 0.717) is 24.3 Å². The van der Waals surface area contributed by atoms with Crippen molar-refractivity contribution >= 4 is 5.91 Å². The lowest BCUT2D eigenvalue weighted by Crippen LogP contribution is -2.51. The molecule has 2 aliphatic heterocycles. The Morgan fingerprint density at radius 2 is 2.12 bits per heavy atom. The van der Waals surface area contributed by atoms with Crippen molar-refractivity contribution in [1.82, 2.24) is 9.88 Å². The summed E-state index contributed by atoms with van der Waals surface area (Å²) in [5.74, 6) is 1.25. The summed E-state index contributed by atoms with van der Waals surface area (Å²) >= 11 is 0. The Labute approximate surface area is 156 Å². The smallest absolute Gasteiger partial charge is 0.225 e. The number of hydrogen-bond acceptors (Lipinski definition) is 4. The van der Waals surface area contributed by atoms with E-state index in [9.17, 15) is 4.79 Å². The van der Waals surface area contributed by atoms with Crippen molar-refractivity contribution in [2.24, 2.45) is 11.8 Å².